The molecule has 0 spiro atoms. The highest BCUT2D eigenvalue weighted by molar-refractivity contribution is 5.93. The second kappa shape index (κ2) is 7.16. The zero-order chi connectivity index (χ0) is 18.1. The third-order valence-corrected chi connectivity index (χ3v) is 5.74. The topological polar surface area (TPSA) is 57.5 Å². The second-order valence-corrected chi connectivity index (χ2v) is 7.63. The van der Waals surface area contributed by atoms with Crippen molar-refractivity contribution in [3.8, 4) is 0 Å². The van der Waals surface area contributed by atoms with E-state index in [4.69, 9.17) is 4.42 Å². The molecule has 5 heteroatoms. The van der Waals surface area contributed by atoms with E-state index in [0.717, 1.165) is 31.5 Å². The van der Waals surface area contributed by atoms with Crippen LogP contribution in [0.3, 0.4) is 0 Å². The summed E-state index contributed by atoms with van der Waals surface area (Å²) in [5, 5.41) is 6.54. The number of benzene rings is 1. The molecule has 0 bridgehead atoms. The molecule has 2 aromatic rings. The molecular formula is C21H27N3O2. The van der Waals surface area contributed by atoms with E-state index < -0.39 is 0 Å². The van der Waals surface area contributed by atoms with Gasteiger partial charge in [0.1, 0.15) is 0 Å². The van der Waals surface area contributed by atoms with Crippen LogP contribution in [0.5, 0.6) is 0 Å². The Balaban J connectivity index is 1.49. The number of hydrogen-bond donors (Lipinski definition) is 2. The average molecular weight is 353 g/mol. The molecule has 138 valence electrons. The Bertz CT molecular complexity index is 785. The number of fused-ring (bicyclic) bond motifs is 1. The fraction of sp³-hybridized carbons (Fsp3) is 0.476. The molecule has 2 aliphatic heterocycles. The highest BCUT2D eigenvalue weighted by Gasteiger charge is 2.29. The van der Waals surface area contributed by atoms with Crippen LogP contribution in [0.1, 0.15) is 41.9 Å². The van der Waals surface area contributed by atoms with Crippen LogP contribution in [0.15, 0.2) is 41.0 Å². The highest BCUT2D eigenvalue weighted by Crippen LogP contribution is 2.33. The predicted molar refractivity (Wildman–Crippen MR) is 102 cm³/mol. The molecule has 3 unspecified atom stereocenters. The molecule has 1 aromatic carbocycles. The van der Waals surface area contributed by atoms with E-state index >= 15 is 0 Å². The van der Waals surface area contributed by atoms with Crippen LogP contribution in [0.2, 0.25) is 0 Å². The molecule has 0 saturated carbocycles. The number of hydrogen-bond acceptors (Lipinski definition) is 4. The lowest BCUT2D eigenvalue weighted by Gasteiger charge is -2.30. The Labute approximate surface area is 154 Å². The van der Waals surface area contributed by atoms with E-state index in [9.17, 15) is 4.79 Å². The van der Waals surface area contributed by atoms with E-state index in [1.54, 1.807) is 6.26 Å². The molecule has 2 aliphatic rings. The first kappa shape index (κ1) is 17.2. The van der Waals surface area contributed by atoms with Crippen molar-refractivity contribution in [3.05, 3.63) is 53.5 Å². The van der Waals surface area contributed by atoms with E-state index in [-0.39, 0.29) is 11.9 Å². The van der Waals surface area contributed by atoms with Crippen molar-refractivity contribution in [2.45, 2.75) is 45.3 Å². The average Bonchev–Trinajstić information content (AvgIpc) is 3.22. The van der Waals surface area contributed by atoms with Crippen LogP contribution in [-0.4, -0.2) is 31.1 Å². The van der Waals surface area contributed by atoms with Crippen molar-refractivity contribution in [3.63, 3.8) is 0 Å². The van der Waals surface area contributed by atoms with Gasteiger partial charge in [-0.1, -0.05) is 25.1 Å². The van der Waals surface area contributed by atoms with E-state index in [2.05, 4.69) is 53.6 Å². The fourth-order valence-corrected chi connectivity index (χ4v) is 4.18. The SMILES string of the molecule is CC1CNCCC1NC(=O)c1occc1CN1c2ccccc2CC1C. The minimum absolute atomic E-state index is 0.0936. The summed E-state index contributed by atoms with van der Waals surface area (Å²) in [5.41, 5.74) is 3.59. The number of anilines is 1. The number of carbonyl (C=O) groups is 1. The number of piperidine rings is 1. The van der Waals surface area contributed by atoms with E-state index in [0.29, 0.717) is 24.3 Å². The molecule has 1 aromatic heterocycles. The lowest BCUT2D eigenvalue weighted by atomic mass is 9.95. The largest absolute Gasteiger partial charge is 0.459 e. The van der Waals surface area contributed by atoms with E-state index in [1.165, 1.54) is 11.3 Å². The minimum Gasteiger partial charge on any atom is -0.459 e. The van der Waals surface area contributed by atoms with Crippen molar-refractivity contribution < 1.29 is 9.21 Å². The second-order valence-electron chi connectivity index (χ2n) is 7.63. The summed E-state index contributed by atoms with van der Waals surface area (Å²) in [6.45, 7) is 6.99. The van der Waals surface area contributed by atoms with Gasteiger partial charge in [-0.15, -0.1) is 0 Å². The summed E-state index contributed by atoms with van der Waals surface area (Å²) in [7, 11) is 0. The van der Waals surface area contributed by atoms with Gasteiger partial charge in [-0.25, -0.2) is 0 Å². The van der Waals surface area contributed by atoms with Gasteiger partial charge in [0.25, 0.3) is 5.91 Å². The molecule has 3 heterocycles. The van der Waals surface area contributed by atoms with Gasteiger partial charge in [-0.3, -0.25) is 4.79 Å². The minimum atomic E-state index is -0.0936. The smallest absolute Gasteiger partial charge is 0.287 e. The van der Waals surface area contributed by atoms with E-state index in [1.807, 2.05) is 6.07 Å². The lowest BCUT2D eigenvalue weighted by molar-refractivity contribution is 0.0884. The molecule has 1 fully saturated rings. The monoisotopic (exact) mass is 353 g/mol. The summed E-state index contributed by atoms with van der Waals surface area (Å²) >= 11 is 0. The van der Waals surface area contributed by atoms with Crippen molar-refractivity contribution in [1.82, 2.24) is 10.6 Å². The van der Waals surface area contributed by atoms with Crippen LogP contribution >= 0.6 is 0 Å². The number of amides is 1. The summed E-state index contributed by atoms with van der Waals surface area (Å²) < 4.78 is 5.58. The van der Waals surface area contributed by atoms with Crippen LogP contribution in [0, 0.1) is 5.92 Å². The molecule has 4 rings (SSSR count). The summed E-state index contributed by atoms with van der Waals surface area (Å²) in [6, 6.07) is 11.1. The lowest BCUT2D eigenvalue weighted by Crippen LogP contribution is -2.48. The van der Waals surface area contributed by atoms with Crippen LogP contribution in [0.25, 0.3) is 0 Å². The molecule has 26 heavy (non-hydrogen) atoms. The van der Waals surface area contributed by atoms with Crippen LogP contribution in [-0.2, 0) is 13.0 Å². The molecule has 5 nitrogen and oxygen atoms in total. The highest BCUT2D eigenvalue weighted by atomic mass is 16.3. The number of carbonyl (C=O) groups excluding carboxylic acids is 1. The van der Waals surface area contributed by atoms with Crippen molar-refractivity contribution >= 4 is 11.6 Å². The van der Waals surface area contributed by atoms with Gasteiger partial charge in [-0.05, 0) is 56.5 Å². The zero-order valence-electron chi connectivity index (χ0n) is 15.5. The maximum absolute atomic E-state index is 12.8. The third kappa shape index (κ3) is 3.23. The zero-order valence-corrected chi connectivity index (χ0v) is 15.5. The molecule has 2 N–H and O–H groups in total. The molecule has 0 aliphatic carbocycles. The molecule has 1 amide bonds. The number of nitrogens with zero attached hydrogens (tertiary/aromatic N) is 1. The maximum Gasteiger partial charge on any atom is 0.287 e. The third-order valence-electron chi connectivity index (χ3n) is 5.74. The molecule has 0 radical (unpaired) electrons. The Kier molecular flexibility index (Phi) is 4.72. The van der Waals surface area contributed by atoms with Crippen molar-refractivity contribution in [1.29, 1.82) is 0 Å². The molecule has 3 atom stereocenters. The first-order valence-electron chi connectivity index (χ1n) is 9.56. The fourth-order valence-electron chi connectivity index (χ4n) is 4.18. The number of rotatable bonds is 4. The van der Waals surface area contributed by atoms with Gasteiger partial charge in [0.15, 0.2) is 5.76 Å². The van der Waals surface area contributed by atoms with Crippen molar-refractivity contribution in [2.75, 3.05) is 18.0 Å². The first-order valence-corrected chi connectivity index (χ1v) is 9.56. The van der Waals surface area contributed by atoms with Gasteiger partial charge in [0.05, 0.1) is 6.26 Å². The van der Waals surface area contributed by atoms with Crippen LogP contribution < -0.4 is 15.5 Å². The normalized spacial score (nSPS) is 25.2. The standard InChI is InChI=1S/C21H27N3O2/c1-14-12-22-9-7-18(14)23-21(25)20-17(8-10-26-20)13-24-15(2)11-16-5-3-4-6-19(16)24/h3-6,8,10,14-15,18,22H,7,9,11-13H2,1-2H3,(H,23,25). The summed E-state index contributed by atoms with van der Waals surface area (Å²) in [4.78, 5) is 15.2. The number of nitrogens with one attached hydrogen (secondary N) is 2. The van der Waals surface area contributed by atoms with Gasteiger partial charge in [-0.2, -0.15) is 0 Å². The van der Waals surface area contributed by atoms with Gasteiger partial charge in [0.2, 0.25) is 0 Å². The van der Waals surface area contributed by atoms with Gasteiger partial charge < -0.3 is 20.0 Å². The maximum atomic E-state index is 12.8. The Morgan fingerprint density at radius 2 is 2.15 bits per heavy atom. The predicted octanol–water partition coefficient (Wildman–Crippen LogP) is 2.96. The van der Waals surface area contributed by atoms with Crippen molar-refractivity contribution in [2.24, 2.45) is 5.92 Å². The quantitative estimate of drug-likeness (QED) is 0.887. The number of para-hydroxylation sites is 1. The Morgan fingerprint density at radius 1 is 1.31 bits per heavy atom. The Hall–Kier alpha value is -2.27. The number of furan rings is 1. The first-order chi connectivity index (χ1) is 12.6. The summed E-state index contributed by atoms with van der Waals surface area (Å²) in [5.74, 6) is 0.785. The Morgan fingerprint density at radius 3 is 3.00 bits per heavy atom. The van der Waals surface area contributed by atoms with Gasteiger partial charge in [0, 0.05) is 29.9 Å². The summed E-state index contributed by atoms with van der Waals surface area (Å²) in [6.07, 6.45) is 3.63. The molecule has 1 saturated heterocycles. The van der Waals surface area contributed by atoms with Gasteiger partial charge >= 0.3 is 0 Å². The van der Waals surface area contributed by atoms with Crippen LogP contribution in [0.4, 0.5) is 5.69 Å². The molecular weight excluding hydrogens is 326 g/mol.